The number of rotatable bonds is 5. The predicted octanol–water partition coefficient (Wildman–Crippen LogP) is 3.84. The Balaban J connectivity index is 2.59. The van der Waals surface area contributed by atoms with Crippen molar-refractivity contribution in [3.05, 3.63) is 0 Å². The second-order valence-electron chi connectivity index (χ2n) is 7.39. The Morgan fingerprint density at radius 2 is 1.83 bits per heavy atom. The summed E-state index contributed by atoms with van der Waals surface area (Å²) in [6.07, 6.45) is 6.44. The number of hydrogen-bond acceptors (Lipinski definition) is 2. The first kappa shape index (κ1) is 16.0. The van der Waals surface area contributed by atoms with Gasteiger partial charge in [0.05, 0.1) is 0 Å². The Labute approximate surface area is 114 Å². The summed E-state index contributed by atoms with van der Waals surface area (Å²) in [5.41, 5.74) is 6.95. The van der Waals surface area contributed by atoms with Gasteiger partial charge >= 0.3 is 0 Å². The van der Waals surface area contributed by atoms with Crippen molar-refractivity contribution in [3.63, 3.8) is 0 Å². The molecule has 0 saturated heterocycles. The normalized spacial score (nSPS) is 31.3. The minimum atomic E-state index is 0.375. The van der Waals surface area contributed by atoms with Crippen LogP contribution in [0.25, 0.3) is 0 Å². The summed E-state index contributed by atoms with van der Waals surface area (Å²) in [6, 6.07) is 0. The van der Waals surface area contributed by atoms with E-state index in [1.54, 1.807) is 7.11 Å². The van der Waals surface area contributed by atoms with Crippen LogP contribution in [0, 0.1) is 22.7 Å². The number of methoxy groups -OCH3 is 1. The van der Waals surface area contributed by atoms with Crippen LogP contribution in [-0.4, -0.2) is 20.3 Å². The van der Waals surface area contributed by atoms with Gasteiger partial charge in [-0.3, -0.25) is 0 Å². The van der Waals surface area contributed by atoms with E-state index in [4.69, 9.17) is 10.5 Å². The highest BCUT2D eigenvalue weighted by molar-refractivity contribution is 4.92. The van der Waals surface area contributed by atoms with Gasteiger partial charge in [-0.15, -0.1) is 0 Å². The van der Waals surface area contributed by atoms with Gasteiger partial charge in [-0.2, -0.15) is 0 Å². The van der Waals surface area contributed by atoms with Gasteiger partial charge in [0, 0.05) is 13.7 Å². The van der Waals surface area contributed by atoms with Gasteiger partial charge in [-0.1, -0.05) is 27.7 Å². The molecule has 0 spiro atoms. The molecule has 1 unspecified atom stereocenters. The standard InChI is InChI=1S/C16H33NO/c1-13(8-11-18-5)16(12-17)9-6-14(7-10-16)15(2,3)4/h13-14H,6-12,17H2,1-5H3. The van der Waals surface area contributed by atoms with Gasteiger partial charge in [0.25, 0.3) is 0 Å². The predicted molar refractivity (Wildman–Crippen MR) is 78.6 cm³/mol. The van der Waals surface area contributed by atoms with Crippen LogP contribution in [0.3, 0.4) is 0 Å². The number of hydrogen-bond donors (Lipinski definition) is 1. The van der Waals surface area contributed by atoms with Crippen molar-refractivity contribution < 1.29 is 4.74 Å². The molecule has 0 aliphatic heterocycles. The van der Waals surface area contributed by atoms with Crippen molar-refractivity contribution in [2.45, 2.75) is 59.8 Å². The quantitative estimate of drug-likeness (QED) is 0.810. The van der Waals surface area contributed by atoms with Crippen LogP contribution in [0.4, 0.5) is 0 Å². The molecule has 1 aliphatic carbocycles. The fraction of sp³-hybridized carbons (Fsp3) is 1.00. The molecule has 0 bridgehead atoms. The van der Waals surface area contributed by atoms with Crippen LogP contribution in [-0.2, 0) is 4.74 Å². The average Bonchev–Trinajstić information content (AvgIpc) is 2.34. The molecule has 0 heterocycles. The van der Waals surface area contributed by atoms with Gasteiger partial charge in [-0.25, -0.2) is 0 Å². The van der Waals surface area contributed by atoms with E-state index in [9.17, 15) is 0 Å². The summed E-state index contributed by atoms with van der Waals surface area (Å²) < 4.78 is 5.23. The van der Waals surface area contributed by atoms with E-state index < -0.39 is 0 Å². The van der Waals surface area contributed by atoms with Crippen LogP contribution in [0.1, 0.15) is 59.8 Å². The molecule has 1 atom stereocenters. The maximum Gasteiger partial charge on any atom is 0.0465 e. The molecule has 2 nitrogen and oxygen atoms in total. The zero-order valence-electron chi connectivity index (χ0n) is 13.1. The van der Waals surface area contributed by atoms with Crippen molar-refractivity contribution in [2.24, 2.45) is 28.4 Å². The molecule has 0 amide bonds. The van der Waals surface area contributed by atoms with E-state index in [0.717, 1.165) is 25.5 Å². The Morgan fingerprint density at radius 3 is 2.22 bits per heavy atom. The number of nitrogens with two attached hydrogens (primary N) is 1. The van der Waals surface area contributed by atoms with Crippen molar-refractivity contribution in [1.29, 1.82) is 0 Å². The van der Waals surface area contributed by atoms with E-state index in [2.05, 4.69) is 27.7 Å². The molecule has 0 aromatic carbocycles. The maximum atomic E-state index is 6.12. The first-order chi connectivity index (χ1) is 8.35. The second-order valence-corrected chi connectivity index (χ2v) is 7.39. The van der Waals surface area contributed by atoms with Crippen LogP contribution in [0.5, 0.6) is 0 Å². The molecule has 1 aliphatic rings. The largest absolute Gasteiger partial charge is 0.385 e. The summed E-state index contributed by atoms with van der Waals surface area (Å²) in [5, 5.41) is 0. The van der Waals surface area contributed by atoms with Crippen LogP contribution in [0.15, 0.2) is 0 Å². The van der Waals surface area contributed by atoms with E-state index in [1.165, 1.54) is 25.7 Å². The lowest BCUT2D eigenvalue weighted by Gasteiger charge is -2.47. The minimum Gasteiger partial charge on any atom is -0.385 e. The van der Waals surface area contributed by atoms with Gasteiger partial charge in [0.2, 0.25) is 0 Å². The zero-order valence-corrected chi connectivity index (χ0v) is 13.1. The molecule has 2 N–H and O–H groups in total. The van der Waals surface area contributed by atoms with Crippen molar-refractivity contribution in [1.82, 2.24) is 0 Å². The SMILES string of the molecule is COCCC(C)C1(CN)CCC(C(C)(C)C)CC1. The lowest BCUT2D eigenvalue weighted by atomic mass is 9.59. The highest BCUT2D eigenvalue weighted by Gasteiger charge is 2.40. The van der Waals surface area contributed by atoms with E-state index >= 15 is 0 Å². The second kappa shape index (κ2) is 6.38. The molecule has 2 heteroatoms. The molecular weight excluding hydrogens is 222 g/mol. The third-order valence-electron chi connectivity index (χ3n) is 5.41. The molecule has 108 valence electrons. The summed E-state index contributed by atoms with van der Waals surface area (Å²) in [4.78, 5) is 0. The Hall–Kier alpha value is -0.0800. The third-order valence-corrected chi connectivity index (χ3v) is 5.41. The molecule has 1 fully saturated rings. The first-order valence-corrected chi connectivity index (χ1v) is 7.55. The molecular formula is C16H33NO. The average molecular weight is 255 g/mol. The Kier molecular flexibility index (Phi) is 5.67. The smallest absolute Gasteiger partial charge is 0.0465 e. The fourth-order valence-corrected chi connectivity index (χ4v) is 3.56. The summed E-state index contributed by atoms with van der Waals surface area (Å²) in [5.74, 6) is 1.55. The molecule has 1 rings (SSSR count). The van der Waals surface area contributed by atoms with Crippen LogP contribution < -0.4 is 5.73 Å². The van der Waals surface area contributed by atoms with Crippen molar-refractivity contribution in [3.8, 4) is 0 Å². The fourth-order valence-electron chi connectivity index (χ4n) is 3.56. The zero-order chi connectivity index (χ0) is 13.8. The topological polar surface area (TPSA) is 35.2 Å². The van der Waals surface area contributed by atoms with Crippen LogP contribution in [0.2, 0.25) is 0 Å². The van der Waals surface area contributed by atoms with E-state index in [0.29, 0.717) is 16.7 Å². The van der Waals surface area contributed by atoms with Gasteiger partial charge in [-0.05, 0) is 61.3 Å². The lowest BCUT2D eigenvalue weighted by Crippen LogP contribution is -2.42. The maximum absolute atomic E-state index is 6.12. The minimum absolute atomic E-state index is 0.375. The van der Waals surface area contributed by atoms with Crippen molar-refractivity contribution >= 4 is 0 Å². The molecule has 18 heavy (non-hydrogen) atoms. The summed E-state index contributed by atoms with van der Waals surface area (Å²) >= 11 is 0. The number of ether oxygens (including phenoxy) is 1. The van der Waals surface area contributed by atoms with Gasteiger partial charge in [0.15, 0.2) is 0 Å². The first-order valence-electron chi connectivity index (χ1n) is 7.55. The highest BCUT2D eigenvalue weighted by atomic mass is 16.5. The lowest BCUT2D eigenvalue weighted by molar-refractivity contribution is 0.0375. The Morgan fingerprint density at radius 1 is 1.28 bits per heavy atom. The van der Waals surface area contributed by atoms with Crippen molar-refractivity contribution in [2.75, 3.05) is 20.3 Å². The van der Waals surface area contributed by atoms with Crippen LogP contribution >= 0.6 is 0 Å². The molecule has 0 radical (unpaired) electrons. The van der Waals surface area contributed by atoms with Gasteiger partial charge in [0.1, 0.15) is 0 Å². The van der Waals surface area contributed by atoms with E-state index in [1.807, 2.05) is 0 Å². The summed E-state index contributed by atoms with van der Waals surface area (Å²) in [7, 11) is 1.79. The van der Waals surface area contributed by atoms with Gasteiger partial charge < -0.3 is 10.5 Å². The monoisotopic (exact) mass is 255 g/mol. The third kappa shape index (κ3) is 3.71. The highest BCUT2D eigenvalue weighted by Crippen LogP contribution is 2.49. The Bertz CT molecular complexity index is 236. The van der Waals surface area contributed by atoms with E-state index in [-0.39, 0.29) is 0 Å². The molecule has 1 saturated carbocycles. The summed E-state index contributed by atoms with van der Waals surface area (Å²) in [6.45, 7) is 11.2. The molecule has 0 aromatic heterocycles. The molecule has 0 aromatic rings.